The van der Waals surface area contributed by atoms with Crippen molar-refractivity contribution < 1.29 is 4.74 Å². The van der Waals surface area contributed by atoms with E-state index in [0.29, 0.717) is 11.4 Å². The molecule has 0 saturated heterocycles. The van der Waals surface area contributed by atoms with Gasteiger partial charge in [-0.3, -0.25) is 5.10 Å². The van der Waals surface area contributed by atoms with E-state index < -0.39 is 0 Å². The summed E-state index contributed by atoms with van der Waals surface area (Å²) in [7, 11) is 1.70. The molecule has 78 valence electrons. The molecule has 2 rings (SSSR count). The molecule has 1 N–H and O–H groups in total. The van der Waals surface area contributed by atoms with Gasteiger partial charge < -0.3 is 9.30 Å². The lowest BCUT2D eigenvalue weighted by atomic mass is 10.3. The van der Waals surface area contributed by atoms with Gasteiger partial charge in [0.15, 0.2) is 4.77 Å². The molecule has 4 nitrogen and oxygen atoms in total. The lowest BCUT2D eigenvalue weighted by Crippen LogP contribution is -2.09. The normalized spacial score (nSPS) is 16.1. The van der Waals surface area contributed by atoms with Gasteiger partial charge in [-0.2, -0.15) is 5.10 Å². The van der Waals surface area contributed by atoms with Gasteiger partial charge in [-0.1, -0.05) is 0 Å². The Bertz CT molecular complexity index is 353. The second-order valence-corrected chi connectivity index (χ2v) is 4.12. The molecule has 0 aromatic carbocycles. The third-order valence-corrected chi connectivity index (χ3v) is 2.84. The molecular formula is C9H15N3OS. The van der Waals surface area contributed by atoms with Crippen molar-refractivity contribution in [2.45, 2.75) is 25.8 Å². The van der Waals surface area contributed by atoms with E-state index in [1.807, 2.05) is 4.57 Å². The number of nitrogens with zero attached hydrogens (tertiary/aromatic N) is 2. The third kappa shape index (κ3) is 2.22. The van der Waals surface area contributed by atoms with Crippen LogP contribution in [0.5, 0.6) is 0 Å². The summed E-state index contributed by atoms with van der Waals surface area (Å²) >= 11 is 5.15. The first kappa shape index (κ1) is 9.86. The van der Waals surface area contributed by atoms with Crippen LogP contribution in [-0.4, -0.2) is 28.5 Å². The monoisotopic (exact) mass is 213 g/mol. The molecule has 1 aromatic rings. The Morgan fingerprint density at radius 1 is 1.64 bits per heavy atom. The predicted molar refractivity (Wildman–Crippen MR) is 55.7 cm³/mol. The molecule has 0 spiro atoms. The van der Waals surface area contributed by atoms with Gasteiger partial charge in [-0.05, 0) is 31.0 Å². The number of H-pyrrole nitrogens is 1. The first-order chi connectivity index (χ1) is 6.81. The largest absolute Gasteiger partial charge is 0.383 e. The van der Waals surface area contributed by atoms with Gasteiger partial charge in [0.2, 0.25) is 0 Å². The van der Waals surface area contributed by atoms with Gasteiger partial charge in [-0.15, -0.1) is 0 Å². The van der Waals surface area contributed by atoms with Crippen molar-refractivity contribution in [1.29, 1.82) is 0 Å². The van der Waals surface area contributed by atoms with Crippen LogP contribution in [0.15, 0.2) is 0 Å². The van der Waals surface area contributed by atoms with Crippen LogP contribution in [0.4, 0.5) is 0 Å². The number of rotatable bonds is 5. The van der Waals surface area contributed by atoms with Crippen LogP contribution in [0.3, 0.4) is 0 Å². The van der Waals surface area contributed by atoms with E-state index in [0.717, 1.165) is 24.7 Å². The van der Waals surface area contributed by atoms with Crippen LogP contribution in [0.1, 0.15) is 18.7 Å². The van der Waals surface area contributed by atoms with E-state index in [-0.39, 0.29) is 0 Å². The number of nitrogens with one attached hydrogen (secondary N) is 1. The zero-order valence-electron chi connectivity index (χ0n) is 8.32. The molecule has 0 radical (unpaired) electrons. The highest BCUT2D eigenvalue weighted by atomic mass is 32.1. The van der Waals surface area contributed by atoms with Crippen LogP contribution >= 0.6 is 12.2 Å². The highest BCUT2D eigenvalue weighted by Crippen LogP contribution is 2.31. The second-order valence-electron chi connectivity index (χ2n) is 3.74. The number of ether oxygens (including phenoxy) is 1. The summed E-state index contributed by atoms with van der Waals surface area (Å²) in [6, 6.07) is 0. The summed E-state index contributed by atoms with van der Waals surface area (Å²) in [5.74, 6) is 1.91. The summed E-state index contributed by atoms with van der Waals surface area (Å²) in [5, 5.41) is 7.08. The van der Waals surface area contributed by atoms with E-state index in [9.17, 15) is 0 Å². The molecular weight excluding hydrogens is 198 g/mol. The molecule has 14 heavy (non-hydrogen) atoms. The molecule has 0 amide bonds. The van der Waals surface area contributed by atoms with E-state index in [4.69, 9.17) is 17.0 Å². The van der Waals surface area contributed by atoms with Crippen LogP contribution in [0, 0.1) is 10.7 Å². The fourth-order valence-corrected chi connectivity index (χ4v) is 1.74. The Kier molecular flexibility index (Phi) is 2.98. The molecule has 0 atom stereocenters. The van der Waals surface area contributed by atoms with Crippen molar-refractivity contribution >= 4 is 12.2 Å². The van der Waals surface area contributed by atoms with Crippen LogP contribution < -0.4 is 0 Å². The number of hydrogen-bond donors (Lipinski definition) is 1. The van der Waals surface area contributed by atoms with Gasteiger partial charge in [0.05, 0.1) is 6.61 Å². The molecule has 1 aliphatic carbocycles. The zero-order chi connectivity index (χ0) is 9.97. The average molecular weight is 213 g/mol. The van der Waals surface area contributed by atoms with Crippen LogP contribution in [0.2, 0.25) is 0 Å². The third-order valence-electron chi connectivity index (χ3n) is 2.52. The Morgan fingerprint density at radius 2 is 2.43 bits per heavy atom. The molecule has 0 bridgehead atoms. The van der Waals surface area contributed by atoms with Crippen molar-refractivity contribution in [2.75, 3.05) is 13.7 Å². The van der Waals surface area contributed by atoms with E-state index in [2.05, 4.69) is 10.2 Å². The Hall–Kier alpha value is -0.680. The first-order valence-corrected chi connectivity index (χ1v) is 5.35. The van der Waals surface area contributed by atoms with Crippen molar-refractivity contribution in [3.63, 3.8) is 0 Å². The minimum absolute atomic E-state index is 0.686. The predicted octanol–water partition coefficient (Wildman–Crippen LogP) is 1.54. The highest BCUT2D eigenvalue weighted by Gasteiger charge is 2.24. The van der Waals surface area contributed by atoms with E-state index >= 15 is 0 Å². The van der Waals surface area contributed by atoms with Gasteiger partial charge >= 0.3 is 0 Å². The van der Waals surface area contributed by atoms with E-state index in [1.165, 1.54) is 12.8 Å². The van der Waals surface area contributed by atoms with Gasteiger partial charge in [-0.25, -0.2) is 0 Å². The highest BCUT2D eigenvalue weighted by molar-refractivity contribution is 7.71. The van der Waals surface area contributed by atoms with Crippen molar-refractivity contribution in [3.05, 3.63) is 10.6 Å². The summed E-state index contributed by atoms with van der Waals surface area (Å²) in [6.07, 6.45) is 3.73. The fourth-order valence-electron chi connectivity index (χ4n) is 1.50. The summed E-state index contributed by atoms with van der Waals surface area (Å²) in [6.45, 7) is 1.49. The maximum absolute atomic E-state index is 5.15. The van der Waals surface area contributed by atoms with E-state index in [1.54, 1.807) is 7.11 Å². The Labute approximate surface area is 88.3 Å². The standard InChI is InChI=1S/C9H15N3OS/c1-13-5-4-12-8(6-7-2-3-7)10-11-9(12)14/h7H,2-6H2,1H3,(H,11,14). The topological polar surface area (TPSA) is 42.8 Å². The maximum atomic E-state index is 5.15. The Morgan fingerprint density at radius 3 is 3.07 bits per heavy atom. The zero-order valence-corrected chi connectivity index (χ0v) is 9.14. The Balaban J connectivity index is 2.08. The lowest BCUT2D eigenvalue weighted by Gasteiger charge is -2.04. The molecule has 5 heteroatoms. The van der Waals surface area contributed by atoms with Crippen LogP contribution in [0.25, 0.3) is 0 Å². The number of methoxy groups -OCH3 is 1. The van der Waals surface area contributed by atoms with Gasteiger partial charge in [0.1, 0.15) is 5.82 Å². The maximum Gasteiger partial charge on any atom is 0.195 e. The lowest BCUT2D eigenvalue weighted by molar-refractivity contribution is 0.185. The summed E-state index contributed by atoms with van der Waals surface area (Å²) in [5.41, 5.74) is 0. The fraction of sp³-hybridized carbons (Fsp3) is 0.778. The minimum Gasteiger partial charge on any atom is -0.383 e. The molecule has 1 aromatic heterocycles. The smallest absolute Gasteiger partial charge is 0.195 e. The molecule has 1 fully saturated rings. The number of aromatic amines is 1. The van der Waals surface area contributed by atoms with Crippen LogP contribution in [-0.2, 0) is 17.7 Å². The SMILES string of the molecule is COCCn1c(CC2CC2)n[nH]c1=S. The first-order valence-electron chi connectivity index (χ1n) is 4.94. The quantitative estimate of drug-likeness (QED) is 0.754. The molecule has 1 aliphatic rings. The molecule has 1 saturated carbocycles. The molecule has 1 heterocycles. The molecule has 0 aliphatic heterocycles. The van der Waals surface area contributed by atoms with Gasteiger partial charge in [0.25, 0.3) is 0 Å². The van der Waals surface area contributed by atoms with Crippen molar-refractivity contribution in [1.82, 2.24) is 14.8 Å². The minimum atomic E-state index is 0.686. The summed E-state index contributed by atoms with van der Waals surface area (Å²) < 4.78 is 7.78. The average Bonchev–Trinajstić information content (AvgIpc) is 2.91. The summed E-state index contributed by atoms with van der Waals surface area (Å²) in [4.78, 5) is 0. The number of aromatic nitrogens is 3. The molecule has 0 unspecified atom stereocenters. The van der Waals surface area contributed by atoms with Crippen molar-refractivity contribution in [2.24, 2.45) is 5.92 Å². The van der Waals surface area contributed by atoms with Crippen molar-refractivity contribution in [3.8, 4) is 0 Å². The second kappa shape index (κ2) is 4.23. The van der Waals surface area contributed by atoms with Gasteiger partial charge in [0, 0.05) is 20.1 Å². The number of hydrogen-bond acceptors (Lipinski definition) is 3.